The van der Waals surface area contributed by atoms with E-state index in [-0.39, 0.29) is 12.5 Å². The Balaban J connectivity index is 1.41. The minimum Gasteiger partial charge on any atom is -0.368 e. The Morgan fingerprint density at radius 3 is 2.60 bits per heavy atom. The minimum absolute atomic E-state index is 0.0616. The normalized spacial score (nSPS) is 14.9. The number of thiophene rings is 1. The third kappa shape index (κ3) is 4.26. The summed E-state index contributed by atoms with van der Waals surface area (Å²) in [5.74, 6) is 0.514. The number of aromatic amines is 1. The average Bonchev–Trinajstić information content (AvgIpc) is 3.38. The second kappa shape index (κ2) is 8.23. The Labute approximate surface area is 179 Å². The zero-order valence-electron chi connectivity index (χ0n) is 15.7. The van der Waals surface area contributed by atoms with Crippen LogP contribution >= 0.6 is 23.6 Å². The highest BCUT2D eigenvalue weighted by atomic mass is 32.1. The highest BCUT2D eigenvalue weighted by molar-refractivity contribution is 7.71. The summed E-state index contributed by atoms with van der Waals surface area (Å²) in [5, 5.41) is 8.88. The van der Waals surface area contributed by atoms with Gasteiger partial charge >= 0.3 is 6.18 Å². The van der Waals surface area contributed by atoms with Crippen molar-refractivity contribution in [1.29, 1.82) is 0 Å². The smallest absolute Gasteiger partial charge is 0.368 e. The minimum atomic E-state index is -4.38. The quantitative estimate of drug-likeness (QED) is 0.606. The number of carbonyl (C=O) groups is 1. The van der Waals surface area contributed by atoms with E-state index in [1.54, 1.807) is 15.5 Å². The van der Waals surface area contributed by atoms with Gasteiger partial charge in [0.25, 0.3) is 0 Å². The van der Waals surface area contributed by atoms with Gasteiger partial charge in [-0.25, -0.2) is 0 Å². The number of benzene rings is 1. The number of hydrogen-bond acceptors (Lipinski definition) is 5. The molecular formula is C19H18F3N5OS2. The van der Waals surface area contributed by atoms with Crippen LogP contribution in [0.4, 0.5) is 18.9 Å². The second-order valence-corrected chi connectivity index (χ2v) is 8.17. The highest BCUT2D eigenvalue weighted by Crippen LogP contribution is 2.32. The number of amides is 1. The molecule has 0 aliphatic carbocycles. The van der Waals surface area contributed by atoms with Crippen LogP contribution in [0.25, 0.3) is 10.7 Å². The van der Waals surface area contributed by atoms with Crippen molar-refractivity contribution < 1.29 is 18.0 Å². The molecule has 1 aliphatic rings. The molecule has 0 saturated carbocycles. The fourth-order valence-corrected chi connectivity index (χ4v) is 4.31. The highest BCUT2D eigenvalue weighted by Gasteiger charge is 2.31. The van der Waals surface area contributed by atoms with Gasteiger partial charge in [-0.15, -0.1) is 11.3 Å². The summed E-state index contributed by atoms with van der Waals surface area (Å²) in [6, 6.07) is 9.08. The molecule has 6 nitrogen and oxygen atoms in total. The number of halogens is 3. The number of nitrogens with one attached hydrogen (secondary N) is 1. The summed E-state index contributed by atoms with van der Waals surface area (Å²) in [4.78, 5) is 17.3. The third-order valence-corrected chi connectivity index (χ3v) is 6.14. The van der Waals surface area contributed by atoms with Gasteiger partial charge in [0.1, 0.15) is 6.54 Å². The molecule has 0 spiro atoms. The molecule has 1 amide bonds. The Bertz CT molecular complexity index is 1080. The Hall–Kier alpha value is -2.66. The molecule has 4 rings (SSSR count). The van der Waals surface area contributed by atoms with E-state index in [0.717, 1.165) is 17.0 Å². The van der Waals surface area contributed by atoms with Crippen LogP contribution in [-0.2, 0) is 17.5 Å². The van der Waals surface area contributed by atoms with Crippen LogP contribution < -0.4 is 4.90 Å². The molecular weight excluding hydrogens is 435 g/mol. The summed E-state index contributed by atoms with van der Waals surface area (Å²) in [5.41, 5.74) is -0.164. The largest absolute Gasteiger partial charge is 0.416 e. The number of aromatic nitrogens is 3. The lowest BCUT2D eigenvalue weighted by Crippen LogP contribution is -2.49. The Morgan fingerprint density at radius 1 is 1.17 bits per heavy atom. The Kier molecular flexibility index (Phi) is 5.65. The summed E-state index contributed by atoms with van der Waals surface area (Å²) in [6.07, 6.45) is -4.38. The van der Waals surface area contributed by atoms with Gasteiger partial charge in [-0.3, -0.25) is 14.5 Å². The van der Waals surface area contributed by atoms with Gasteiger partial charge in [0.05, 0.1) is 10.4 Å². The molecule has 0 radical (unpaired) electrons. The topological polar surface area (TPSA) is 57.2 Å². The predicted octanol–water partition coefficient (Wildman–Crippen LogP) is 4.04. The molecule has 1 fully saturated rings. The zero-order chi connectivity index (χ0) is 21.3. The maximum atomic E-state index is 13.0. The molecule has 0 atom stereocenters. The van der Waals surface area contributed by atoms with Crippen LogP contribution in [0.15, 0.2) is 41.8 Å². The Morgan fingerprint density at radius 2 is 1.93 bits per heavy atom. The molecule has 3 aromatic rings. The summed E-state index contributed by atoms with van der Waals surface area (Å²) in [7, 11) is 0. The van der Waals surface area contributed by atoms with E-state index in [0.29, 0.717) is 42.5 Å². The van der Waals surface area contributed by atoms with Crippen molar-refractivity contribution in [2.45, 2.75) is 12.7 Å². The van der Waals surface area contributed by atoms with Crippen LogP contribution in [0.1, 0.15) is 5.56 Å². The molecule has 158 valence electrons. The van der Waals surface area contributed by atoms with E-state index in [9.17, 15) is 18.0 Å². The number of nitrogens with zero attached hydrogens (tertiary/aromatic N) is 4. The number of carbonyl (C=O) groups excluding carboxylic acids is 1. The van der Waals surface area contributed by atoms with Crippen molar-refractivity contribution in [3.8, 4) is 10.7 Å². The predicted molar refractivity (Wildman–Crippen MR) is 111 cm³/mol. The van der Waals surface area contributed by atoms with Crippen LogP contribution in [0.5, 0.6) is 0 Å². The maximum absolute atomic E-state index is 13.0. The van der Waals surface area contributed by atoms with Gasteiger partial charge in [0, 0.05) is 31.9 Å². The zero-order valence-corrected chi connectivity index (χ0v) is 17.4. The number of H-pyrrole nitrogens is 1. The van der Waals surface area contributed by atoms with E-state index < -0.39 is 11.7 Å². The summed E-state index contributed by atoms with van der Waals surface area (Å²) < 4.78 is 40.9. The maximum Gasteiger partial charge on any atom is 0.416 e. The van der Waals surface area contributed by atoms with Crippen molar-refractivity contribution in [2.75, 3.05) is 31.1 Å². The van der Waals surface area contributed by atoms with Crippen molar-refractivity contribution in [2.24, 2.45) is 0 Å². The third-order valence-electron chi connectivity index (χ3n) is 4.96. The molecule has 0 bridgehead atoms. The van der Waals surface area contributed by atoms with E-state index in [1.165, 1.54) is 17.4 Å². The van der Waals surface area contributed by atoms with E-state index >= 15 is 0 Å². The first-order valence-electron chi connectivity index (χ1n) is 9.22. The first-order valence-corrected chi connectivity index (χ1v) is 10.5. The summed E-state index contributed by atoms with van der Waals surface area (Å²) >= 11 is 6.78. The summed E-state index contributed by atoms with van der Waals surface area (Å²) in [6.45, 7) is 1.83. The molecule has 1 saturated heterocycles. The molecule has 30 heavy (non-hydrogen) atoms. The lowest BCUT2D eigenvalue weighted by Gasteiger charge is -2.36. The first kappa shape index (κ1) is 20.6. The average molecular weight is 454 g/mol. The molecule has 1 aromatic carbocycles. The van der Waals surface area contributed by atoms with Crippen LogP contribution in [0, 0.1) is 4.77 Å². The lowest BCUT2D eigenvalue weighted by atomic mass is 10.1. The van der Waals surface area contributed by atoms with E-state index in [1.807, 2.05) is 22.4 Å². The van der Waals surface area contributed by atoms with Gasteiger partial charge < -0.3 is 9.80 Å². The number of anilines is 1. The lowest BCUT2D eigenvalue weighted by molar-refractivity contribution is -0.137. The van der Waals surface area contributed by atoms with Crippen molar-refractivity contribution in [3.63, 3.8) is 0 Å². The SMILES string of the molecule is O=C(Cn1c(-c2cccs2)n[nH]c1=S)N1CCN(c2cccc(C(F)(F)F)c2)CC1. The van der Waals surface area contributed by atoms with Crippen LogP contribution in [0.3, 0.4) is 0 Å². The van der Waals surface area contributed by atoms with Crippen molar-refractivity contribution in [3.05, 3.63) is 52.1 Å². The van der Waals surface area contributed by atoms with Crippen LogP contribution in [0.2, 0.25) is 0 Å². The molecule has 0 unspecified atom stereocenters. The first-order chi connectivity index (χ1) is 14.3. The van der Waals surface area contributed by atoms with Gasteiger partial charge in [0.15, 0.2) is 10.6 Å². The van der Waals surface area contributed by atoms with E-state index in [2.05, 4.69) is 10.2 Å². The van der Waals surface area contributed by atoms with E-state index in [4.69, 9.17) is 12.2 Å². The molecule has 3 heterocycles. The van der Waals surface area contributed by atoms with Gasteiger partial charge in [-0.1, -0.05) is 12.1 Å². The van der Waals surface area contributed by atoms with Crippen molar-refractivity contribution >= 4 is 35.1 Å². The number of alkyl halides is 3. The number of rotatable bonds is 4. The molecule has 2 aromatic heterocycles. The van der Waals surface area contributed by atoms with Gasteiger partial charge in [0.2, 0.25) is 5.91 Å². The second-order valence-electron chi connectivity index (χ2n) is 6.83. The number of piperazine rings is 1. The van der Waals surface area contributed by atoms with Crippen molar-refractivity contribution in [1.82, 2.24) is 19.7 Å². The monoisotopic (exact) mass is 453 g/mol. The molecule has 11 heteroatoms. The van der Waals surface area contributed by atoms with Gasteiger partial charge in [-0.05, 0) is 41.9 Å². The number of hydrogen-bond donors (Lipinski definition) is 1. The van der Waals surface area contributed by atoms with Crippen LogP contribution in [-0.4, -0.2) is 51.8 Å². The standard InChI is InChI=1S/C19H18F3N5OS2/c20-19(21,22)13-3-1-4-14(11-13)25-6-8-26(9-7-25)16(28)12-27-17(23-24-18(27)29)15-5-2-10-30-15/h1-5,10-11H,6-9,12H2,(H,24,29). The fraction of sp³-hybridized carbons (Fsp3) is 0.316. The molecule has 1 aliphatic heterocycles. The molecule has 1 N–H and O–H groups in total. The van der Waals surface area contributed by atoms with Gasteiger partial charge in [-0.2, -0.15) is 18.3 Å². The fourth-order valence-electron chi connectivity index (χ4n) is 3.39.